The van der Waals surface area contributed by atoms with Gasteiger partial charge in [0.05, 0.1) is 96.2 Å². The van der Waals surface area contributed by atoms with Gasteiger partial charge in [-0.2, -0.15) is 0 Å². The highest BCUT2D eigenvalue weighted by Crippen LogP contribution is 2.69. The van der Waals surface area contributed by atoms with Crippen molar-refractivity contribution in [3.8, 4) is 0 Å². The Bertz CT molecular complexity index is 3870. The van der Waals surface area contributed by atoms with Crippen LogP contribution in [-0.2, 0) is 57.2 Å². The van der Waals surface area contributed by atoms with Gasteiger partial charge in [0, 0.05) is 6.42 Å². The van der Waals surface area contributed by atoms with E-state index in [0.717, 1.165) is 270 Å². The number of aliphatic hydroxyl groups is 6. The standard InChI is InChI=1S/C25H40O3.C23H36O3.C21H30O3.C16H24O3.C15H24O3.C12H18O3/c26-24(23-18-19-13-14-20(23)17-19)28-16-8-7-15-25(27,21-9-3-1-4-10-21)22-11-5-2-6-12-22;1-3-23(2,25)10-4-5-11-26-20(24)9-8-15-12-18-14-19(15)22-17-7-6-16(13-17)21(18)22;22-20(24-9-3-8-21(23)6-1-2-7-21)17-12-15-11-16(17)19-14-5-4-13(10-14)18(15)19;17-15(14-11-12-4-5-13(14)10-12)19-9-3-8-16(18)6-1-2-7-16;1-3-15(2,17)7-4-8-18-14(16)13-10-11-5-6-12(13)9-11;1-12(2,14)7-15-11(13)10-6-8-3-4-9(10)5-8/h13-14,19-23,27H,1-12,15-18H2;6-7,15-19,21-22,25H,3-5,8-14H2,1-2H3;4-5,13-19,23H,1-3,6-12H2;4-5,12-14,18H,1-3,6-11H2;5-6,11-13,17H,3-4,7-10H2,1-2H3;3-4,8-10,14H,5-7H2,1-2H3. The summed E-state index contributed by atoms with van der Waals surface area (Å²) in [4.78, 5) is 72.7. The Labute approximate surface area is 780 Å². The van der Waals surface area contributed by atoms with Crippen molar-refractivity contribution in [3.63, 3.8) is 0 Å². The zero-order valence-electron chi connectivity index (χ0n) is 80.9. The summed E-state index contributed by atoms with van der Waals surface area (Å²) >= 11 is 0. The summed E-state index contributed by atoms with van der Waals surface area (Å²) in [5.41, 5.74) is -3.54. The molecule has 20 aliphatic rings. The summed E-state index contributed by atoms with van der Waals surface area (Å²) in [6.07, 6.45) is 77.7. The van der Waals surface area contributed by atoms with Gasteiger partial charge in [-0.15, -0.1) is 0 Å². The van der Waals surface area contributed by atoms with Crippen LogP contribution < -0.4 is 0 Å². The third-order valence-corrected chi connectivity index (χ3v) is 37.6. The largest absolute Gasteiger partial charge is 0.466 e. The molecule has 28 unspecified atom stereocenters. The summed E-state index contributed by atoms with van der Waals surface area (Å²) in [6.45, 7) is 13.5. The van der Waals surface area contributed by atoms with Crippen LogP contribution in [0, 0.1) is 166 Å². The van der Waals surface area contributed by atoms with Crippen molar-refractivity contribution in [1.29, 1.82) is 0 Å². The van der Waals surface area contributed by atoms with Crippen molar-refractivity contribution in [1.82, 2.24) is 0 Å². The fourth-order valence-corrected chi connectivity index (χ4v) is 30.3. The molecule has 0 aromatic rings. The first-order valence-electron chi connectivity index (χ1n) is 53.9. The molecule has 728 valence electrons. The van der Waals surface area contributed by atoms with Crippen LogP contribution in [0.25, 0.3) is 0 Å². The van der Waals surface area contributed by atoms with E-state index >= 15 is 0 Å². The van der Waals surface area contributed by atoms with E-state index in [-0.39, 0.29) is 72.0 Å². The lowest BCUT2D eigenvalue weighted by Crippen LogP contribution is -2.46. The van der Waals surface area contributed by atoms with Crippen LogP contribution in [0.2, 0.25) is 0 Å². The molecule has 130 heavy (non-hydrogen) atoms. The van der Waals surface area contributed by atoms with Gasteiger partial charge in [0.25, 0.3) is 0 Å². The number of rotatable bonds is 36. The van der Waals surface area contributed by atoms with E-state index in [2.05, 4.69) is 72.9 Å². The number of fused-ring (bicyclic) bond motifs is 26. The van der Waals surface area contributed by atoms with Crippen molar-refractivity contribution < 1.29 is 87.8 Å². The molecule has 14 fully saturated rings. The van der Waals surface area contributed by atoms with Gasteiger partial charge in [0.15, 0.2) is 0 Å². The molecule has 16 bridgehead atoms. The Hall–Kier alpha value is -4.98. The summed E-state index contributed by atoms with van der Waals surface area (Å²) in [5.74, 6) is 16.3. The van der Waals surface area contributed by atoms with Crippen LogP contribution >= 0.6 is 0 Å². The number of allylic oxidation sites excluding steroid dienone is 12. The number of esters is 6. The molecule has 20 aliphatic carbocycles. The molecule has 0 radical (unpaired) electrons. The highest BCUT2D eigenvalue weighted by Gasteiger charge is 2.64. The van der Waals surface area contributed by atoms with Gasteiger partial charge in [-0.3, -0.25) is 28.8 Å². The Morgan fingerprint density at radius 1 is 0.338 bits per heavy atom. The summed E-state index contributed by atoms with van der Waals surface area (Å²) < 4.78 is 32.6. The Morgan fingerprint density at radius 2 is 0.692 bits per heavy atom. The minimum absolute atomic E-state index is 0.0144. The second-order valence-electron chi connectivity index (χ2n) is 47.2. The lowest BCUT2D eigenvalue weighted by molar-refractivity contribution is -0.155. The smallest absolute Gasteiger partial charge is 0.309 e. The highest BCUT2D eigenvalue weighted by molar-refractivity contribution is 5.76. The van der Waals surface area contributed by atoms with Crippen molar-refractivity contribution in [2.45, 2.75) is 383 Å². The van der Waals surface area contributed by atoms with Crippen LogP contribution in [0.3, 0.4) is 0 Å². The second kappa shape index (κ2) is 44.7. The molecule has 0 aromatic heterocycles. The number of hydrogen-bond acceptors (Lipinski definition) is 18. The normalized spacial score (nSPS) is 37.1. The van der Waals surface area contributed by atoms with E-state index in [1.165, 1.54) is 96.3 Å². The lowest BCUT2D eigenvalue weighted by Gasteiger charge is -2.46. The molecule has 14 saturated carbocycles. The predicted molar refractivity (Wildman–Crippen MR) is 504 cm³/mol. The van der Waals surface area contributed by atoms with E-state index in [0.29, 0.717) is 111 Å². The molecular formula is C112H172O18. The summed E-state index contributed by atoms with van der Waals surface area (Å²) in [6, 6.07) is 0. The monoisotopic (exact) mass is 1810 g/mol. The molecule has 6 N–H and O–H groups in total. The maximum absolute atomic E-state index is 12.6. The van der Waals surface area contributed by atoms with Crippen LogP contribution in [0.15, 0.2) is 72.9 Å². The average Bonchev–Trinajstić information content (AvgIpc) is 1.55. The molecular weight excluding hydrogens is 1630 g/mol. The van der Waals surface area contributed by atoms with E-state index in [4.69, 9.17) is 28.4 Å². The third-order valence-electron chi connectivity index (χ3n) is 37.6. The molecule has 20 rings (SSSR count). The average molecular weight is 1810 g/mol. The fourth-order valence-electron chi connectivity index (χ4n) is 30.3. The zero-order chi connectivity index (χ0) is 91.5. The van der Waals surface area contributed by atoms with Gasteiger partial charge < -0.3 is 59.1 Å². The van der Waals surface area contributed by atoms with Crippen molar-refractivity contribution in [3.05, 3.63) is 72.9 Å². The Kier molecular flexibility index (Phi) is 34.2. The number of ether oxygens (including phenoxy) is 6. The van der Waals surface area contributed by atoms with Crippen LogP contribution in [0.4, 0.5) is 0 Å². The Morgan fingerprint density at radius 3 is 1.10 bits per heavy atom. The molecule has 18 heteroatoms. The molecule has 28 atom stereocenters. The maximum atomic E-state index is 12.6. The SMILES string of the molecule is CC(C)(O)COC(=O)C1CC2C=CC1C2.CCC(C)(O)CCCCOC(=O)CCC1CC2CC1C1C3C=CC(C3)C21.CCC(C)(O)CCCOC(=O)C1CC2C=CC1C2.O=C(OCCCC1(O)CCCC1)C1CC2C=CC1C2.O=C(OCCCC1(O)CCCC1)C1CC2CC1C1C3C=CC(C3)C21.O=C(OCCCCC(O)(C1CCCCC1)C1CCCCC1)C1CC2C=CC1C2. The fraction of sp³-hybridized carbons (Fsp3) is 0.839. The van der Waals surface area contributed by atoms with Gasteiger partial charge >= 0.3 is 35.8 Å². The molecule has 18 nitrogen and oxygen atoms in total. The molecule has 0 aromatic carbocycles. The first-order chi connectivity index (χ1) is 62.4. The van der Waals surface area contributed by atoms with E-state index in [1.54, 1.807) is 13.8 Å². The van der Waals surface area contributed by atoms with Crippen molar-refractivity contribution in [2.24, 2.45) is 166 Å². The predicted octanol–water partition coefficient (Wildman–Crippen LogP) is 21.3. The minimum atomic E-state index is -0.927. The molecule has 0 saturated heterocycles. The quantitative estimate of drug-likeness (QED) is 0.0112. The Balaban J connectivity index is 0.000000121. The summed E-state index contributed by atoms with van der Waals surface area (Å²) in [5, 5.41) is 61.6. The van der Waals surface area contributed by atoms with Gasteiger partial charge in [-0.1, -0.05) is 151 Å². The first kappa shape index (κ1) is 99.5. The molecule has 0 heterocycles. The van der Waals surface area contributed by atoms with Crippen molar-refractivity contribution >= 4 is 35.8 Å². The molecule has 0 spiro atoms. The zero-order valence-corrected chi connectivity index (χ0v) is 80.9. The molecule has 0 aliphatic heterocycles. The molecule has 0 amide bonds. The van der Waals surface area contributed by atoms with Crippen LogP contribution in [0.1, 0.15) is 350 Å². The van der Waals surface area contributed by atoms with Crippen LogP contribution in [0.5, 0.6) is 0 Å². The number of carbonyl (C=O) groups excluding carboxylic acids is 6. The van der Waals surface area contributed by atoms with E-state index in [1.807, 2.05) is 27.7 Å². The second-order valence-corrected chi connectivity index (χ2v) is 47.2. The van der Waals surface area contributed by atoms with Gasteiger partial charge in [0.2, 0.25) is 0 Å². The topological polar surface area (TPSA) is 279 Å². The number of carbonyl (C=O) groups is 6. The van der Waals surface area contributed by atoms with E-state index in [9.17, 15) is 59.4 Å². The van der Waals surface area contributed by atoms with Gasteiger partial charge in [-0.05, 0) is 401 Å². The number of unbranched alkanes of at least 4 members (excludes halogenated alkanes) is 2. The van der Waals surface area contributed by atoms with Gasteiger partial charge in [-0.25, -0.2) is 0 Å². The third kappa shape index (κ3) is 25.1. The minimum Gasteiger partial charge on any atom is -0.466 e. The van der Waals surface area contributed by atoms with E-state index < -0.39 is 33.6 Å². The first-order valence-corrected chi connectivity index (χ1v) is 53.9. The number of hydrogen-bond donors (Lipinski definition) is 6. The van der Waals surface area contributed by atoms with Gasteiger partial charge in [0.1, 0.15) is 6.61 Å². The van der Waals surface area contributed by atoms with Crippen molar-refractivity contribution in [2.75, 3.05) is 39.6 Å². The highest BCUT2D eigenvalue weighted by atomic mass is 16.6. The van der Waals surface area contributed by atoms with Crippen LogP contribution in [-0.4, -0.2) is 140 Å². The summed E-state index contributed by atoms with van der Waals surface area (Å²) in [7, 11) is 0. The lowest BCUT2D eigenvalue weighted by atomic mass is 9.64. The maximum Gasteiger partial charge on any atom is 0.309 e.